The Morgan fingerprint density at radius 3 is 2.73 bits per heavy atom. The number of carbonyl (C=O) groups is 2. The zero-order valence-corrected chi connectivity index (χ0v) is 16.2. The molecule has 0 heterocycles. The Morgan fingerprint density at radius 1 is 1.27 bits per heavy atom. The molecule has 4 nitrogen and oxygen atoms in total. The molecule has 0 aliphatic heterocycles. The van der Waals surface area contributed by atoms with Crippen LogP contribution in [0.15, 0.2) is 36.0 Å². The van der Waals surface area contributed by atoms with Gasteiger partial charge in [0.15, 0.2) is 5.78 Å². The Bertz CT molecular complexity index is 530. The third-order valence-electron chi connectivity index (χ3n) is 4.79. The molecule has 26 heavy (non-hydrogen) atoms. The highest BCUT2D eigenvalue weighted by atomic mass is 16.4. The second kappa shape index (κ2) is 12.6. The average Bonchev–Trinajstić information content (AvgIpc) is 2.94. The number of hydrogen-bond donors (Lipinski definition) is 2. The van der Waals surface area contributed by atoms with E-state index in [1.807, 2.05) is 24.3 Å². The zero-order valence-electron chi connectivity index (χ0n) is 16.2. The van der Waals surface area contributed by atoms with Crippen LogP contribution in [0.25, 0.3) is 0 Å². The molecule has 0 amide bonds. The number of rotatable bonds is 13. The summed E-state index contributed by atoms with van der Waals surface area (Å²) in [5.41, 5.74) is 0.769. The van der Waals surface area contributed by atoms with E-state index in [1.54, 1.807) is 6.08 Å². The van der Waals surface area contributed by atoms with Crippen molar-refractivity contribution in [3.05, 3.63) is 36.0 Å². The van der Waals surface area contributed by atoms with Gasteiger partial charge in [0.2, 0.25) is 0 Å². The maximum atomic E-state index is 12.0. The number of hydrogen-bond acceptors (Lipinski definition) is 3. The molecule has 0 aromatic rings. The van der Waals surface area contributed by atoms with Crippen molar-refractivity contribution in [3.63, 3.8) is 0 Å². The largest absolute Gasteiger partial charge is 0.481 e. The van der Waals surface area contributed by atoms with E-state index in [0.29, 0.717) is 12.3 Å². The van der Waals surface area contributed by atoms with Crippen molar-refractivity contribution in [1.29, 1.82) is 0 Å². The Balaban J connectivity index is 2.43. The van der Waals surface area contributed by atoms with Gasteiger partial charge in [-0.3, -0.25) is 9.59 Å². The molecule has 0 aromatic carbocycles. The standard InChI is InChI=1S/C22H34O4/c1-3-4-9-17(2)16-19(23)14-12-18-13-15-21(24)20(18)10-7-5-6-8-11-22(25)26/h10,12-15,17-19,23H,3-9,11,16H2,1-2H3,(H,25,26). The monoisotopic (exact) mass is 362 g/mol. The molecule has 2 N–H and O–H groups in total. The topological polar surface area (TPSA) is 74.6 Å². The number of aliphatic hydroxyl groups excluding tert-OH is 1. The van der Waals surface area contributed by atoms with Crippen LogP contribution in [0.4, 0.5) is 0 Å². The molecule has 0 fully saturated rings. The lowest BCUT2D eigenvalue weighted by atomic mass is 9.95. The normalized spacial score (nSPS) is 21.0. The van der Waals surface area contributed by atoms with Gasteiger partial charge in [-0.05, 0) is 37.7 Å². The van der Waals surface area contributed by atoms with Gasteiger partial charge in [-0.2, -0.15) is 0 Å². The zero-order chi connectivity index (χ0) is 19.4. The molecule has 0 saturated carbocycles. The fourth-order valence-corrected chi connectivity index (χ4v) is 3.22. The van der Waals surface area contributed by atoms with Crippen LogP contribution in [-0.2, 0) is 9.59 Å². The summed E-state index contributed by atoms with van der Waals surface area (Å²) in [4.78, 5) is 22.5. The van der Waals surface area contributed by atoms with Crippen LogP contribution < -0.4 is 0 Å². The molecule has 146 valence electrons. The Hall–Kier alpha value is -1.68. The maximum Gasteiger partial charge on any atom is 0.303 e. The Kier molecular flexibility index (Phi) is 10.9. The number of aliphatic hydroxyl groups is 1. The first-order chi connectivity index (χ1) is 12.4. The van der Waals surface area contributed by atoms with Crippen LogP contribution >= 0.6 is 0 Å². The summed E-state index contributed by atoms with van der Waals surface area (Å²) >= 11 is 0. The van der Waals surface area contributed by atoms with Crippen molar-refractivity contribution in [2.24, 2.45) is 11.8 Å². The number of unbranched alkanes of at least 4 members (excludes halogenated alkanes) is 4. The number of carboxylic acids is 1. The molecule has 1 rings (SSSR count). The van der Waals surface area contributed by atoms with Crippen molar-refractivity contribution < 1.29 is 19.8 Å². The third-order valence-corrected chi connectivity index (χ3v) is 4.79. The van der Waals surface area contributed by atoms with Crippen molar-refractivity contribution in [2.45, 2.75) is 77.7 Å². The molecule has 1 aliphatic rings. The van der Waals surface area contributed by atoms with Gasteiger partial charge in [-0.15, -0.1) is 0 Å². The quantitative estimate of drug-likeness (QED) is 0.279. The van der Waals surface area contributed by atoms with Crippen molar-refractivity contribution >= 4 is 11.8 Å². The summed E-state index contributed by atoms with van der Waals surface area (Å²) in [5.74, 6) is -0.277. The van der Waals surface area contributed by atoms with Crippen LogP contribution in [0.3, 0.4) is 0 Å². The summed E-state index contributed by atoms with van der Waals surface area (Å²) in [6.07, 6.45) is 16.4. The molecule has 0 aromatic heterocycles. The first-order valence-electron chi connectivity index (χ1n) is 9.94. The number of carboxylic acid groups (broad SMARTS) is 1. The number of allylic oxidation sites excluding steroid dienone is 5. The summed E-state index contributed by atoms with van der Waals surface area (Å²) in [7, 11) is 0. The van der Waals surface area contributed by atoms with Gasteiger partial charge < -0.3 is 10.2 Å². The summed E-state index contributed by atoms with van der Waals surface area (Å²) < 4.78 is 0. The van der Waals surface area contributed by atoms with Gasteiger partial charge in [0, 0.05) is 17.9 Å². The van der Waals surface area contributed by atoms with Gasteiger partial charge >= 0.3 is 5.97 Å². The predicted octanol–water partition coefficient (Wildman–Crippen LogP) is 4.84. The minimum absolute atomic E-state index is 0.0380. The predicted molar refractivity (Wildman–Crippen MR) is 105 cm³/mol. The minimum atomic E-state index is -0.758. The molecule has 0 saturated heterocycles. The van der Waals surface area contributed by atoms with E-state index in [2.05, 4.69) is 13.8 Å². The summed E-state index contributed by atoms with van der Waals surface area (Å²) in [6.45, 7) is 4.34. The van der Waals surface area contributed by atoms with Gasteiger partial charge in [0.05, 0.1) is 6.10 Å². The van der Waals surface area contributed by atoms with Crippen molar-refractivity contribution in [3.8, 4) is 0 Å². The van der Waals surface area contributed by atoms with E-state index >= 15 is 0 Å². The fraction of sp³-hybridized carbons (Fsp3) is 0.636. The van der Waals surface area contributed by atoms with Crippen LogP contribution in [0, 0.1) is 11.8 Å². The van der Waals surface area contributed by atoms with Crippen LogP contribution in [-0.4, -0.2) is 28.1 Å². The van der Waals surface area contributed by atoms with Crippen molar-refractivity contribution in [1.82, 2.24) is 0 Å². The van der Waals surface area contributed by atoms with Gasteiger partial charge in [0.25, 0.3) is 0 Å². The highest BCUT2D eigenvalue weighted by molar-refractivity contribution is 6.07. The molecule has 4 heteroatoms. The van der Waals surface area contributed by atoms with Crippen LogP contribution in [0.5, 0.6) is 0 Å². The van der Waals surface area contributed by atoms with E-state index in [-0.39, 0.29) is 18.1 Å². The Labute approximate surface area is 157 Å². The molecular formula is C22H34O4. The second-order valence-electron chi connectivity index (χ2n) is 7.34. The minimum Gasteiger partial charge on any atom is -0.481 e. The van der Waals surface area contributed by atoms with E-state index in [4.69, 9.17) is 5.11 Å². The van der Waals surface area contributed by atoms with Gasteiger partial charge in [0.1, 0.15) is 0 Å². The molecule has 0 bridgehead atoms. The Morgan fingerprint density at radius 2 is 2.04 bits per heavy atom. The van der Waals surface area contributed by atoms with Gasteiger partial charge in [-0.25, -0.2) is 0 Å². The molecule has 0 radical (unpaired) electrons. The molecule has 3 atom stereocenters. The summed E-state index contributed by atoms with van der Waals surface area (Å²) in [6, 6.07) is 0. The smallest absolute Gasteiger partial charge is 0.303 e. The highest BCUT2D eigenvalue weighted by Gasteiger charge is 2.20. The van der Waals surface area contributed by atoms with Crippen LogP contribution in [0.2, 0.25) is 0 Å². The maximum absolute atomic E-state index is 12.0. The molecule has 1 aliphatic carbocycles. The van der Waals surface area contributed by atoms with E-state index < -0.39 is 12.1 Å². The lowest BCUT2D eigenvalue weighted by Crippen LogP contribution is -2.10. The fourth-order valence-electron chi connectivity index (χ4n) is 3.22. The molecular weight excluding hydrogens is 328 g/mol. The third kappa shape index (κ3) is 9.14. The lowest BCUT2D eigenvalue weighted by Gasteiger charge is -2.14. The van der Waals surface area contributed by atoms with Crippen LogP contribution in [0.1, 0.15) is 71.6 Å². The molecule has 3 unspecified atom stereocenters. The first kappa shape index (κ1) is 22.4. The average molecular weight is 363 g/mol. The molecule has 0 spiro atoms. The number of aliphatic carboxylic acids is 1. The first-order valence-corrected chi connectivity index (χ1v) is 9.94. The van der Waals surface area contributed by atoms with E-state index in [9.17, 15) is 14.7 Å². The van der Waals surface area contributed by atoms with Crippen molar-refractivity contribution in [2.75, 3.05) is 0 Å². The number of ketones is 1. The van der Waals surface area contributed by atoms with E-state index in [1.165, 1.54) is 12.8 Å². The highest BCUT2D eigenvalue weighted by Crippen LogP contribution is 2.25. The summed E-state index contributed by atoms with van der Waals surface area (Å²) in [5, 5.41) is 18.8. The van der Waals surface area contributed by atoms with E-state index in [0.717, 1.165) is 37.7 Å². The second-order valence-corrected chi connectivity index (χ2v) is 7.34. The lowest BCUT2D eigenvalue weighted by molar-refractivity contribution is -0.137. The SMILES string of the molecule is CCCCC(C)CC(O)C=CC1C=CC(=O)C1=CCCCCCC(=O)O. The number of carbonyl (C=O) groups excluding carboxylic acids is 1. The van der Waals surface area contributed by atoms with Gasteiger partial charge in [-0.1, -0.05) is 63.8 Å².